The fourth-order valence-corrected chi connectivity index (χ4v) is 2.41. The van der Waals surface area contributed by atoms with Crippen LogP contribution in [0, 0.1) is 5.92 Å². The summed E-state index contributed by atoms with van der Waals surface area (Å²) in [5.41, 5.74) is 2.20. The smallest absolute Gasteiger partial charge is 0.220 e. The number of amides is 1. The molecule has 0 saturated carbocycles. The minimum absolute atomic E-state index is 0.0128. The molecule has 2 rings (SSSR count). The Balaban J connectivity index is 1.73. The van der Waals surface area contributed by atoms with E-state index < -0.39 is 6.10 Å². The second kappa shape index (κ2) is 8.12. The zero-order chi connectivity index (χ0) is 15.1. The van der Waals surface area contributed by atoms with Crippen LogP contribution in [0.25, 0.3) is 0 Å². The lowest BCUT2D eigenvalue weighted by molar-refractivity contribution is -0.122. The molecule has 0 aliphatic carbocycles. The Hall–Kier alpha value is -1.43. The van der Waals surface area contributed by atoms with Crippen LogP contribution in [0.4, 0.5) is 0 Å². The van der Waals surface area contributed by atoms with Crippen molar-refractivity contribution in [1.29, 1.82) is 0 Å². The number of β-amino-alcohol motifs (C(OH)–C–C–N with tert-alkyl or cyclic N) is 1. The maximum absolute atomic E-state index is 11.9. The number of ether oxygens (including phenoxy) is 1. The fraction of sp³-hybridized carbons (Fsp3) is 0.562. The number of benzene rings is 1. The van der Waals surface area contributed by atoms with Gasteiger partial charge < -0.3 is 20.5 Å². The maximum Gasteiger partial charge on any atom is 0.220 e. The van der Waals surface area contributed by atoms with Crippen molar-refractivity contribution in [2.75, 3.05) is 19.7 Å². The summed E-state index contributed by atoms with van der Waals surface area (Å²) >= 11 is 0. The Morgan fingerprint density at radius 2 is 2.05 bits per heavy atom. The number of hydrogen-bond donors (Lipinski definition) is 3. The van der Waals surface area contributed by atoms with Gasteiger partial charge in [0.25, 0.3) is 0 Å². The van der Waals surface area contributed by atoms with Gasteiger partial charge in [0, 0.05) is 38.6 Å². The molecule has 1 aliphatic rings. The minimum Gasteiger partial charge on any atom is -0.391 e. The third-order valence-corrected chi connectivity index (χ3v) is 3.74. The van der Waals surface area contributed by atoms with Crippen molar-refractivity contribution in [1.82, 2.24) is 10.6 Å². The van der Waals surface area contributed by atoms with Crippen LogP contribution in [0.3, 0.4) is 0 Å². The zero-order valence-electron chi connectivity index (χ0n) is 12.5. The molecule has 0 radical (unpaired) electrons. The standard InChI is InChI=1S/C16H24N2O3/c1-2-21-11-13-5-3-12(4-6-13)8-18-16(20)7-14-9-17-10-15(14)19/h3-6,14-15,17,19H,2,7-11H2,1H3,(H,18,20)/t14-,15-/m1/s1. The first-order valence-electron chi connectivity index (χ1n) is 7.50. The first-order valence-corrected chi connectivity index (χ1v) is 7.50. The van der Waals surface area contributed by atoms with Crippen LogP contribution in [0.5, 0.6) is 0 Å². The van der Waals surface area contributed by atoms with E-state index in [1.54, 1.807) is 0 Å². The molecule has 1 aliphatic heterocycles. The van der Waals surface area contributed by atoms with Gasteiger partial charge in [0.2, 0.25) is 5.91 Å². The second-order valence-corrected chi connectivity index (χ2v) is 5.42. The molecule has 1 saturated heterocycles. The topological polar surface area (TPSA) is 70.6 Å². The largest absolute Gasteiger partial charge is 0.391 e. The maximum atomic E-state index is 11.9. The highest BCUT2D eigenvalue weighted by atomic mass is 16.5. The number of nitrogens with one attached hydrogen (secondary N) is 2. The van der Waals surface area contributed by atoms with Crippen molar-refractivity contribution >= 4 is 5.91 Å². The molecule has 0 spiro atoms. The summed E-state index contributed by atoms with van der Waals surface area (Å²) in [6, 6.07) is 8.03. The Bertz CT molecular complexity index is 447. The molecule has 1 heterocycles. The quantitative estimate of drug-likeness (QED) is 0.695. The van der Waals surface area contributed by atoms with Crippen LogP contribution in [0.2, 0.25) is 0 Å². The van der Waals surface area contributed by atoms with Crippen LogP contribution in [0.1, 0.15) is 24.5 Å². The molecule has 21 heavy (non-hydrogen) atoms. The molecular formula is C16H24N2O3. The van der Waals surface area contributed by atoms with E-state index in [0.717, 1.165) is 11.1 Å². The molecule has 1 fully saturated rings. The van der Waals surface area contributed by atoms with Gasteiger partial charge in [-0.3, -0.25) is 4.79 Å². The van der Waals surface area contributed by atoms with E-state index in [1.807, 2.05) is 31.2 Å². The molecular weight excluding hydrogens is 268 g/mol. The van der Waals surface area contributed by atoms with Crippen LogP contribution >= 0.6 is 0 Å². The van der Waals surface area contributed by atoms with Crippen LogP contribution in [0.15, 0.2) is 24.3 Å². The molecule has 1 amide bonds. The summed E-state index contributed by atoms with van der Waals surface area (Å²) in [5.74, 6) is 0.0136. The van der Waals surface area contributed by atoms with Crippen molar-refractivity contribution in [3.05, 3.63) is 35.4 Å². The zero-order valence-corrected chi connectivity index (χ0v) is 12.5. The third-order valence-electron chi connectivity index (χ3n) is 3.74. The Kier molecular flexibility index (Phi) is 6.17. The summed E-state index contributed by atoms with van der Waals surface area (Å²) in [6.07, 6.45) is -0.0371. The lowest BCUT2D eigenvalue weighted by atomic mass is 10.0. The van der Waals surface area contributed by atoms with E-state index in [9.17, 15) is 9.90 Å². The van der Waals surface area contributed by atoms with Crippen molar-refractivity contribution in [3.63, 3.8) is 0 Å². The number of hydrogen-bond acceptors (Lipinski definition) is 4. The number of aliphatic hydroxyl groups is 1. The predicted molar refractivity (Wildman–Crippen MR) is 80.6 cm³/mol. The van der Waals surface area contributed by atoms with Gasteiger partial charge in [-0.05, 0) is 18.1 Å². The summed E-state index contributed by atoms with van der Waals surface area (Å²) in [4.78, 5) is 11.9. The summed E-state index contributed by atoms with van der Waals surface area (Å²) in [7, 11) is 0. The summed E-state index contributed by atoms with van der Waals surface area (Å²) < 4.78 is 5.34. The van der Waals surface area contributed by atoms with Gasteiger partial charge in [-0.1, -0.05) is 24.3 Å². The van der Waals surface area contributed by atoms with E-state index in [0.29, 0.717) is 39.3 Å². The van der Waals surface area contributed by atoms with Crippen molar-refractivity contribution in [3.8, 4) is 0 Å². The van der Waals surface area contributed by atoms with Crippen LogP contribution in [-0.4, -0.2) is 36.8 Å². The average Bonchev–Trinajstić information content (AvgIpc) is 2.89. The van der Waals surface area contributed by atoms with Gasteiger partial charge in [-0.2, -0.15) is 0 Å². The summed E-state index contributed by atoms with van der Waals surface area (Å²) in [6.45, 7) is 5.11. The molecule has 116 valence electrons. The fourth-order valence-electron chi connectivity index (χ4n) is 2.41. The van der Waals surface area contributed by atoms with E-state index in [4.69, 9.17) is 4.74 Å². The molecule has 5 nitrogen and oxygen atoms in total. The first-order chi connectivity index (χ1) is 10.2. The van der Waals surface area contributed by atoms with Crippen molar-refractivity contribution < 1.29 is 14.6 Å². The normalized spacial score (nSPS) is 21.4. The molecule has 1 aromatic carbocycles. The predicted octanol–water partition coefficient (Wildman–Crippen LogP) is 0.810. The van der Waals surface area contributed by atoms with E-state index in [2.05, 4.69) is 10.6 Å². The van der Waals surface area contributed by atoms with Gasteiger partial charge in [-0.15, -0.1) is 0 Å². The highest BCUT2D eigenvalue weighted by Gasteiger charge is 2.26. The second-order valence-electron chi connectivity index (χ2n) is 5.42. The highest BCUT2D eigenvalue weighted by Crippen LogP contribution is 2.13. The van der Waals surface area contributed by atoms with Crippen LogP contribution in [-0.2, 0) is 22.7 Å². The third kappa shape index (κ3) is 5.12. The highest BCUT2D eigenvalue weighted by molar-refractivity contribution is 5.76. The average molecular weight is 292 g/mol. The Morgan fingerprint density at radius 1 is 1.33 bits per heavy atom. The summed E-state index contributed by atoms with van der Waals surface area (Å²) in [5, 5.41) is 15.7. The lowest BCUT2D eigenvalue weighted by Crippen LogP contribution is -2.29. The van der Waals surface area contributed by atoms with Crippen LogP contribution < -0.4 is 10.6 Å². The van der Waals surface area contributed by atoms with Gasteiger partial charge in [0.1, 0.15) is 0 Å². The number of rotatable bonds is 7. The number of aliphatic hydroxyl groups excluding tert-OH is 1. The number of carbonyl (C=O) groups is 1. The van der Waals surface area contributed by atoms with E-state index in [1.165, 1.54) is 0 Å². The van der Waals surface area contributed by atoms with Gasteiger partial charge in [0.15, 0.2) is 0 Å². The molecule has 3 N–H and O–H groups in total. The molecule has 0 unspecified atom stereocenters. The SMILES string of the molecule is CCOCc1ccc(CNC(=O)C[C@@H]2CNC[C@H]2O)cc1. The van der Waals surface area contributed by atoms with Crippen molar-refractivity contribution in [2.24, 2.45) is 5.92 Å². The monoisotopic (exact) mass is 292 g/mol. The molecule has 5 heteroatoms. The molecule has 2 atom stereocenters. The van der Waals surface area contributed by atoms with E-state index in [-0.39, 0.29) is 11.8 Å². The molecule has 0 aromatic heterocycles. The van der Waals surface area contributed by atoms with Crippen molar-refractivity contribution in [2.45, 2.75) is 32.6 Å². The number of carbonyl (C=O) groups excluding carboxylic acids is 1. The van der Waals surface area contributed by atoms with Gasteiger partial charge in [-0.25, -0.2) is 0 Å². The lowest BCUT2D eigenvalue weighted by Gasteiger charge is -2.13. The molecule has 0 bridgehead atoms. The first kappa shape index (κ1) is 15.9. The van der Waals surface area contributed by atoms with Gasteiger partial charge in [0.05, 0.1) is 12.7 Å². The Morgan fingerprint density at radius 3 is 2.67 bits per heavy atom. The van der Waals surface area contributed by atoms with Gasteiger partial charge >= 0.3 is 0 Å². The Labute approximate surface area is 125 Å². The minimum atomic E-state index is -0.409. The molecule has 1 aromatic rings. The van der Waals surface area contributed by atoms with E-state index >= 15 is 0 Å².